The molecule has 1 aromatic carbocycles. The Labute approximate surface area is 90.1 Å². The van der Waals surface area contributed by atoms with Gasteiger partial charge in [-0.1, -0.05) is 42.5 Å². The van der Waals surface area contributed by atoms with Crippen LogP contribution >= 0.6 is 0 Å². The number of aromatic nitrogens is 1. The molecule has 0 bridgehead atoms. The van der Waals surface area contributed by atoms with Gasteiger partial charge in [0.1, 0.15) is 0 Å². The minimum atomic E-state index is 0.999. The van der Waals surface area contributed by atoms with Gasteiger partial charge in [-0.25, -0.2) is 4.98 Å². The lowest BCUT2D eigenvalue weighted by atomic mass is 10.1. The van der Waals surface area contributed by atoms with Crippen molar-refractivity contribution in [3.8, 4) is 11.3 Å². The first-order valence-electron chi connectivity index (χ1n) is 5.05. The highest BCUT2D eigenvalue weighted by atomic mass is 14.7. The van der Waals surface area contributed by atoms with Gasteiger partial charge in [0.15, 0.2) is 0 Å². The Morgan fingerprint density at radius 3 is 2.47 bits per heavy atom. The standard InChI is InChI=1S/C14H13N/c1-2-7-13-10-6-11-14(15-13)12-8-4-3-5-9-12/h2-11H,1H3/b7-2+. The average molecular weight is 195 g/mol. The number of rotatable bonds is 2. The summed E-state index contributed by atoms with van der Waals surface area (Å²) in [6.07, 6.45) is 4.00. The largest absolute Gasteiger partial charge is 0.248 e. The smallest absolute Gasteiger partial charge is 0.0709 e. The third-order valence-corrected chi connectivity index (χ3v) is 2.18. The molecule has 1 aromatic heterocycles. The van der Waals surface area contributed by atoms with Crippen LogP contribution in [0, 0.1) is 0 Å². The summed E-state index contributed by atoms with van der Waals surface area (Å²) in [5, 5.41) is 0. The molecule has 0 spiro atoms. The summed E-state index contributed by atoms with van der Waals surface area (Å²) in [6, 6.07) is 16.3. The Balaban J connectivity index is 2.41. The fourth-order valence-corrected chi connectivity index (χ4v) is 1.48. The van der Waals surface area contributed by atoms with Gasteiger partial charge in [-0.3, -0.25) is 0 Å². The first-order chi connectivity index (χ1) is 7.40. The normalized spacial score (nSPS) is 10.7. The Hall–Kier alpha value is -1.89. The zero-order chi connectivity index (χ0) is 10.5. The van der Waals surface area contributed by atoms with Crippen molar-refractivity contribution in [1.82, 2.24) is 4.98 Å². The van der Waals surface area contributed by atoms with Gasteiger partial charge in [-0.05, 0) is 25.1 Å². The molecule has 1 heterocycles. The van der Waals surface area contributed by atoms with Crippen LogP contribution in [0.1, 0.15) is 12.6 Å². The molecule has 1 heteroatoms. The summed E-state index contributed by atoms with van der Waals surface area (Å²) in [5.41, 5.74) is 3.17. The van der Waals surface area contributed by atoms with Crippen molar-refractivity contribution in [3.05, 3.63) is 60.3 Å². The van der Waals surface area contributed by atoms with Crippen molar-refractivity contribution in [2.75, 3.05) is 0 Å². The lowest BCUT2D eigenvalue weighted by Crippen LogP contribution is -1.85. The Kier molecular flexibility index (Phi) is 2.93. The van der Waals surface area contributed by atoms with Gasteiger partial charge < -0.3 is 0 Å². The van der Waals surface area contributed by atoms with Crippen LogP contribution < -0.4 is 0 Å². The lowest BCUT2D eigenvalue weighted by Gasteiger charge is -2.01. The maximum absolute atomic E-state index is 4.55. The van der Waals surface area contributed by atoms with Crippen LogP contribution in [0.15, 0.2) is 54.6 Å². The molecule has 15 heavy (non-hydrogen) atoms. The van der Waals surface area contributed by atoms with Gasteiger partial charge in [0.25, 0.3) is 0 Å². The van der Waals surface area contributed by atoms with Gasteiger partial charge in [-0.15, -0.1) is 0 Å². The van der Waals surface area contributed by atoms with E-state index in [4.69, 9.17) is 0 Å². The minimum Gasteiger partial charge on any atom is -0.248 e. The van der Waals surface area contributed by atoms with E-state index < -0.39 is 0 Å². The molecule has 0 aliphatic rings. The number of hydrogen-bond acceptors (Lipinski definition) is 1. The number of allylic oxidation sites excluding steroid dienone is 1. The summed E-state index contributed by atoms with van der Waals surface area (Å²) in [5.74, 6) is 0. The van der Waals surface area contributed by atoms with Gasteiger partial charge in [0.2, 0.25) is 0 Å². The van der Waals surface area contributed by atoms with E-state index in [9.17, 15) is 0 Å². The maximum Gasteiger partial charge on any atom is 0.0709 e. The maximum atomic E-state index is 4.55. The molecule has 0 saturated heterocycles. The molecular weight excluding hydrogens is 182 g/mol. The molecule has 0 aliphatic heterocycles. The van der Waals surface area contributed by atoms with Crippen molar-refractivity contribution in [2.45, 2.75) is 6.92 Å². The topological polar surface area (TPSA) is 12.9 Å². The van der Waals surface area contributed by atoms with Gasteiger partial charge >= 0.3 is 0 Å². The van der Waals surface area contributed by atoms with Crippen LogP contribution in [-0.4, -0.2) is 4.98 Å². The van der Waals surface area contributed by atoms with Gasteiger partial charge in [-0.2, -0.15) is 0 Å². The van der Waals surface area contributed by atoms with Crippen molar-refractivity contribution in [1.29, 1.82) is 0 Å². The van der Waals surface area contributed by atoms with Crippen LogP contribution in [0.5, 0.6) is 0 Å². The molecule has 74 valence electrons. The van der Waals surface area contributed by atoms with E-state index in [0.29, 0.717) is 0 Å². The van der Waals surface area contributed by atoms with E-state index in [1.807, 2.05) is 55.5 Å². The molecular formula is C14H13N. The molecule has 0 N–H and O–H groups in total. The van der Waals surface area contributed by atoms with E-state index in [0.717, 1.165) is 17.0 Å². The molecule has 0 radical (unpaired) electrons. The number of pyridine rings is 1. The van der Waals surface area contributed by atoms with E-state index in [-0.39, 0.29) is 0 Å². The van der Waals surface area contributed by atoms with E-state index in [1.165, 1.54) is 0 Å². The Morgan fingerprint density at radius 2 is 1.73 bits per heavy atom. The van der Waals surface area contributed by atoms with Crippen molar-refractivity contribution >= 4 is 6.08 Å². The fourth-order valence-electron chi connectivity index (χ4n) is 1.48. The quantitative estimate of drug-likeness (QED) is 0.710. The van der Waals surface area contributed by atoms with Crippen molar-refractivity contribution in [2.24, 2.45) is 0 Å². The van der Waals surface area contributed by atoms with Crippen LogP contribution in [0.4, 0.5) is 0 Å². The zero-order valence-corrected chi connectivity index (χ0v) is 8.72. The summed E-state index contributed by atoms with van der Waals surface area (Å²) in [7, 11) is 0. The Bertz CT molecular complexity index is 458. The third kappa shape index (κ3) is 2.32. The van der Waals surface area contributed by atoms with Crippen LogP contribution in [0.25, 0.3) is 17.3 Å². The SMILES string of the molecule is C/C=C/c1cccc(-c2ccccc2)n1. The van der Waals surface area contributed by atoms with E-state index in [2.05, 4.69) is 17.1 Å². The van der Waals surface area contributed by atoms with Crippen molar-refractivity contribution in [3.63, 3.8) is 0 Å². The molecule has 0 saturated carbocycles. The van der Waals surface area contributed by atoms with Crippen molar-refractivity contribution < 1.29 is 0 Å². The highest BCUT2D eigenvalue weighted by Gasteiger charge is 1.97. The van der Waals surface area contributed by atoms with Crippen LogP contribution in [0.2, 0.25) is 0 Å². The fraction of sp³-hybridized carbons (Fsp3) is 0.0714. The summed E-state index contributed by atoms with van der Waals surface area (Å²) in [6.45, 7) is 2.00. The number of nitrogens with zero attached hydrogens (tertiary/aromatic N) is 1. The van der Waals surface area contributed by atoms with Crippen LogP contribution in [-0.2, 0) is 0 Å². The molecule has 0 aliphatic carbocycles. The second-order valence-electron chi connectivity index (χ2n) is 3.31. The molecule has 0 unspecified atom stereocenters. The summed E-state index contributed by atoms with van der Waals surface area (Å²) in [4.78, 5) is 4.55. The first kappa shape index (κ1) is 9.66. The molecule has 1 nitrogen and oxygen atoms in total. The van der Waals surface area contributed by atoms with E-state index >= 15 is 0 Å². The average Bonchev–Trinajstić information content (AvgIpc) is 2.31. The van der Waals surface area contributed by atoms with E-state index in [1.54, 1.807) is 0 Å². The molecule has 0 fully saturated rings. The second-order valence-corrected chi connectivity index (χ2v) is 3.31. The van der Waals surface area contributed by atoms with Gasteiger partial charge in [0, 0.05) is 5.56 Å². The first-order valence-corrected chi connectivity index (χ1v) is 5.05. The summed E-state index contributed by atoms with van der Waals surface area (Å²) < 4.78 is 0. The predicted octanol–water partition coefficient (Wildman–Crippen LogP) is 3.78. The monoisotopic (exact) mass is 195 g/mol. The Morgan fingerprint density at radius 1 is 0.933 bits per heavy atom. The third-order valence-electron chi connectivity index (χ3n) is 2.18. The summed E-state index contributed by atoms with van der Waals surface area (Å²) >= 11 is 0. The number of benzene rings is 1. The second kappa shape index (κ2) is 4.56. The lowest BCUT2D eigenvalue weighted by molar-refractivity contribution is 1.29. The molecule has 2 rings (SSSR count). The predicted molar refractivity (Wildman–Crippen MR) is 64.4 cm³/mol. The highest BCUT2D eigenvalue weighted by molar-refractivity contribution is 5.60. The number of hydrogen-bond donors (Lipinski definition) is 0. The molecule has 0 amide bonds. The minimum absolute atomic E-state index is 0.999. The molecule has 0 atom stereocenters. The zero-order valence-electron chi connectivity index (χ0n) is 8.72. The van der Waals surface area contributed by atoms with Crippen LogP contribution in [0.3, 0.4) is 0 Å². The molecule has 2 aromatic rings. The highest BCUT2D eigenvalue weighted by Crippen LogP contribution is 2.16. The van der Waals surface area contributed by atoms with Gasteiger partial charge in [0.05, 0.1) is 11.4 Å².